The van der Waals surface area contributed by atoms with Crippen LogP contribution in [0.3, 0.4) is 0 Å². The van der Waals surface area contributed by atoms with E-state index in [0.717, 1.165) is 31.1 Å². The van der Waals surface area contributed by atoms with Crippen LogP contribution in [0.5, 0.6) is 0 Å². The molecule has 1 N–H and O–H groups in total. The maximum atomic E-state index is 5.29. The van der Waals surface area contributed by atoms with Crippen LogP contribution in [0.1, 0.15) is 51.9 Å². The second-order valence-electron chi connectivity index (χ2n) is 5.51. The van der Waals surface area contributed by atoms with Crippen LogP contribution in [0.4, 0.5) is 0 Å². The summed E-state index contributed by atoms with van der Waals surface area (Å²) in [5, 5.41) is 3.63. The van der Waals surface area contributed by atoms with Crippen molar-refractivity contribution in [2.75, 3.05) is 13.1 Å². The monoisotopic (exact) mass is 234 g/mol. The van der Waals surface area contributed by atoms with Crippen molar-refractivity contribution in [3.63, 3.8) is 0 Å². The Morgan fingerprint density at radius 1 is 1.24 bits per heavy atom. The topological polar surface area (TPSA) is 15.3 Å². The van der Waals surface area contributed by atoms with Crippen molar-refractivity contribution >= 4 is 0 Å². The SMILES string of the molecule is C#CCCCCN1C2CCC1CC(NCC)C2. The van der Waals surface area contributed by atoms with Gasteiger partial charge >= 0.3 is 0 Å². The molecule has 0 aromatic rings. The molecule has 2 nitrogen and oxygen atoms in total. The highest BCUT2D eigenvalue weighted by molar-refractivity contribution is 4.97. The summed E-state index contributed by atoms with van der Waals surface area (Å²) in [6.45, 7) is 4.61. The first kappa shape index (κ1) is 12.9. The Labute approximate surface area is 106 Å². The first-order valence-electron chi connectivity index (χ1n) is 7.27. The van der Waals surface area contributed by atoms with Gasteiger partial charge in [0.05, 0.1) is 0 Å². The van der Waals surface area contributed by atoms with Gasteiger partial charge in [0, 0.05) is 24.5 Å². The predicted octanol–water partition coefficient (Wildman–Crippen LogP) is 2.39. The highest BCUT2D eigenvalue weighted by Crippen LogP contribution is 2.35. The smallest absolute Gasteiger partial charge is 0.0114 e. The van der Waals surface area contributed by atoms with Crippen LogP contribution in [0, 0.1) is 12.3 Å². The van der Waals surface area contributed by atoms with Crippen LogP contribution in [0.15, 0.2) is 0 Å². The van der Waals surface area contributed by atoms with Crippen molar-refractivity contribution in [3.8, 4) is 12.3 Å². The molecule has 0 amide bonds. The third kappa shape index (κ3) is 3.24. The summed E-state index contributed by atoms with van der Waals surface area (Å²) < 4.78 is 0. The molecule has 0 aromatic carbocycles. The van der Waals surface area contributed by atoms with E-state index in [-0.39, 0.29) is 0 Å². The van der Waals surface area contributed by atoms with Crippen molar-refractivity contribution < 1.29 is 0 Å². The van der Waals surface area contributed by atoms with Crippen molar-refractivity contribution in [2.24, 2.45) is 0 Å². The van der Waals surface area contributed by atoms with Gasteiger partial charge in [-0.15, -0.1) is 12.3 Å². The number of terminal acetylenes is 1. The Morgan fingerprint density at radius 2 is 1.94 bits per heavy atom. The number of nitrogens with zero attached hydrogens (tertiary/aromatic N) is 1. The van der Waals surface area contributed by atoms with Crippen molar-refractivity contribution in [1.82, 2.24) is 10.2 Å². The minimum absolute atomic E-state index is 0.777. The molecule has 2 aliphatic heterocycles. The first-order valence-corrected chi connectivity index (χ1v) is 7.27. The van der Waals surface area contributed by atoms with E-state index in [4.69, 9.17) is 6.42 Å². The van der Waals surface area contributed by atoms with Crippen molar-refractivity contribution in [1.29, 1.82) is 0 Å². The third-order valence-electron chi connectivity index (χ3n) is 4.36. The summed E-state index contributed by atoms with van der Waals surface area (Å²) in [5.41, 5.74) is 0. The molecule has 0 aliphatic carbocycles. The quantitative estimate of drug-likeness (QED) is 0.561. The number of hydrogen-bond donors (Lipinski definition) is 1. The van der Waals surface area contributed by atoms with Gasteiger partial charge in [-0.1, -0.05) is 6.92 Å². The Bertz CT molecular complexity index is 255. The fourth-order valence-corrected chi connectivity index (χ4v) is 3.62. The van der Waals surface area contributed by atoms with E-state index in [1.54, 1.807) is 0 Å². The molecular weight excluding hydrogens is 208 g/mol. The van der Waals surface area contributed by atoms with Crippen LogP contribution in [0.25, 0.3) is 0 Å². The van der Waals surface area contributed by atoms with Crippen LogP contribution in [-0.2, 0) is 0 Å². The minimum Gasteiger partial charge on any atom is -0.314 e. The molecule has 96 valence electrons. The maximum Gasteiger partial charge on any atom is 0.0114 e. The minimum atomic E-state index is 0.777. The Balaban J connectivity index is 1.76. The fraction of sp³-hybridized carbons (Fsp3) is 0.867. The van der Waals surface area contributed by atoms with Gasteiger partial charge in [0.2, 0.25) is 0 Å². The molecule has 0 aromatic heterocycles. The Hall–Kier alpha value is -0.520. The lowest BCUT2D eigenvalue weighted by atomic mass is 9.97. The molecule has 2 heterocycles. The molecule has 0 saturated carbocycles. The van der Waals surface area contributed by atoms with E-state index in [0.29, 0.717) is 0 Å². The second kappa shape index (κ2) is 6.42. The first-order chi connectivity index (χ1) is 8.35. The second-order valence-corrected chi connectivity index (χ2v) is 5.51. The summed E-state index contributed by atoms with van der Waals surface area (Å²) in [4.78, 5) is 2.77. The summed E-state index contributed by atoms with van der Waals surface area (Å²) >= 11 is 0. The Kier molecular flexibility index (Phi) is 4.88. The molecule has 2 bridgehead atoms. The molecule has 2 saturated heterocycles. The van der Waals surface area contributed by atoms with Crippen LogP contribution in [0.2, 0.25) is 0 Å². The van der Waals surface area contributed by atoms with Crippen LogP contribution in [-0.4, -0.2) is 36.1 Å². The van der Waals surface area contributed by atoms with E-state index < -0.39 is 0 Å². The summed E-state index contributed by atoms with van der Waals surface area (Å²) in [7, 11) is 0. The average Bonchev–Trinajstić information content (AvgIpc) is 2.57. The van der Waals surface area contributed by atoms with Crippen molar-refractivity contribution in [3.05, 3.63) is 0 Å². The maximum absolute atomic E-state index is 5.29. The van der Waals surface area contributed by atoms with Crippen LogP contribution < -0.4 is 5.32 Å². The van der Waals surface area contributed by atoms with Crippen LogP contribution >= 0.6 is 0 Å². The molecule has 2 rings (SSSR count). The van der Waals surface area contributed by atoms with Crippen molar-refractivity contribution in [2.45, 2.75) is 70.0 Å². The predicted molar refractivity (Wildman–Crippen MR) is 72.9 cm³/mol. The molecule has 2 fully saturated rings. The van der Waals surface area contributed by atoms with Gasteiger partial charge in [-0.25, -0.2) is 0 Å². The molecule has 2 atom stereocenters. The van der Waals surface area contributed by atoms with Gasteiger partial charge in [-0.3, -0.25) is 4.90 Å². The lowest BCUT2D eigenvalue weighted by Gasteiger charge is -2.39. The van der Waals surface area contributed by atoms with E-state index >= 15 is 0 Å². The third-order valence-corrected chi connectivity index (χ3v) is 4.36. The van der Waals surface area contributed by atoms with E-state index in [9.17, 15) is 0 Å². The van der Waals surface area contributed by atoms with Gasteiger partial charge in [-0.05, 0) is 51.6 Å². The molecular formula is C15H26N2. The zero-order valence-electron chi connectivity index (χ0n) is 11.1. The van der Waals surface area contributed by atoms with E-state index in [1.165, 1.54) is 45.1 Å². The van der Waals surface area contributed by atoms with Gasteiger partial charge in [0.1, 0.15) is 0 Å². The molecule has 0 spiro atoms. The largest absolute Gasteiger partial charge is 0.314 e. The zero-order valence-corrected chi connectivity index (χ0v) is 11.1. The highest BCUT2D eigenvalue weighted by Gasteiger charge is 2.39. The normalized spacial score (nSPS) is 32.6. The molecule has 2 heteroatoms. The lowest BCUT2D eigenvalue weighted by molar-refractivity contribution is 0.115. The number of nitrogens with one attached hydrogen (secondary N) is 1. The summed E-state index contributed by atoms with van der Waals surface area (Å²) in [5.74, 6) is 2.74. The number of rotatable bonds is 6. The standard InChI is InChI=1S/C15H26N2/c1-3-5-6-7-10-17-14-8-9-15(17)12-13(11-14)16-4-2/h1,13-16H,4-12H2,2H3. The summed E-state index contributed by atoms with van der Waals surface area (Å²) in [6, 6.07) is 2.48. The molecule has 17 heavy (non-hydrogen) atoms. The molecule has 2 unspecified atom stereocenters. The number of hydrogen-bond acceptors (Lipinski definition) is 2. The lowest BCUT2D eigenvalue weighted by Crippen LogP contribution is -2.49. The Morgan fingerprint density at radius 3 is 2.53 bits per heavy atom. The van der Waals surface area contributed by atoms with E-state index in [1.807, 2.05) is 0 Å². The van der Waals surface area contributed by atoms with Gasteiger partial charge < -0.3 is 5.32 Å². The number of unbranched alkanes of at least 4 members (excludes halogenated alkanes) is 2. The molecule has 2 aliphatic rings. The average molecular weight is 234 g/mol. The van der Waals surface area contributed by atoms with Gasteiger partial charge in [0.25, 0.3) is 0 Å². The number of piperidine rings is 1. The number of fused-ring (bicyclic) bond motifs is 2. The van der Waals surface area contributed by atoms with Gasteiger partial charge in [-0.2, -0.15) is 0 Å². The fourth-order valence-electron chi connectivity index (χ4n) is 3.62. The van der Waals surface area contributed by atoms with Gasteiger partial charge in [0.15, 0.2) is 0 Å². The summed E-state index contributed by atoms with van der Waals surface area (Å²) in [6.07, 6.45) is 14.3. The van der Waals surface area contributed by atoms with E-state index in [2.05, 4.69) is 23.1 Å². The zero-order chi connectivity index (χ0) is 12.1. The molecule has 0 radical (unpaired) electrons. The highest BCUT2D eigenvalue weighted by atomic mass is 15.2.